The SMILES string of the molecule is CCCCCC(O)CCCC(O)CC=C[Si](C)(C)C. The molecule has 0 radical (unpaired) electrons. The van der Waals surface area contributed by atoms with Crippen molar-refractivity contribution in [3.8, 4) is 0 Å². The summed E-state index contributed by atoms with van der Waals surface area (Å²) >= 11 is 0. The van der Waals surface area contributed by atoms with Crippen molar-refractivity contribution in [1.82, 2.24) is 0 Å². The average molecular weight is 287 g/mol. The van der Waals surface area contributed by atoms with Crippen molar-refractivity contribution < 1.29 is 10.2 Å². The Balaban J connectivity index is 3.57. The van der Waals surface area contributed by atoms with Crippen LogP contribution in [0.25, 0.3) is 0 Å². The van der Waals surface area contributed by atoms with Crippen LogP contribution >= 0.6 is 0 Å². The van der Waals surface area contributed by atoms with Crippen LogP contribution in [0.1, 0.15) is 58.3 Å². The van der Waals surface area contributed by atoms with Gasteiger partial charge in [-0.3, -0.25) is 0 Å². The summed E-state index contributed by atoms with van der Waals surface area (Å²) in [6, 6.07) is 0. The molecule has 0 bridgehead atoms. The van der Waals surface area contributed by atoms with Crippen molar-refractivity contribution in [3.63, 3.8) is 0 Å². The zero-order valence-electron chi connectivity index (χ0n) is 13.4. The molecule has 0 saturated carbocycles. The highest BCUT2D eigenvalue weighted by atomic mass is 28.3. The van der Waals surface area contributed by atoms with Crippen LogP contribution in [0.15, 0.2) is 11.8 Å². The number of aliphatic hydroxyl groups excluding tert-OH is 2. The lowest BCUT2D eigenvalue weighted by molar-refractivity contribution is 0.128. The molecule has 2 atom stereocenters. The molecule has 2 unspecified atom stereocenters. The van der Waals surface area contributed by atoms with Gasteiger partial charge < -0.3 is 10.2 Å². The number of unbranched alkanes of at least 4 members (excludes halogenated alkanes) is 2. The molecule has 0 aliphatic carbocycles. The Bertz CT molecular complexity index is 233. The van der Waals surface area contributed by atoms with E-state index in [0.29, 0.717) is 0 Å². The van der Waals surface area contributed by atoms with Gasteiger partial charge in [0.05, 0.1) is 20.3 Å². The Morgan fingerprint density at radius 3 is 2.05 bits per heavy atom. The van der Waals surface area contributed by atoms with E-state index in [1.807, 2.05) is 0 Å². The molecule has 0 aromatic rings. The highest BCUT2D eigenvalue weighted by molar-refractivity contribution is 6.80. The fourth-order valence-corrected chi connectivity index (χ4v) is 2.90. The summed E-state index contributed by atoms with van der Waals surface area (Å²) in [6.07, 6.45) is 9.50. The summed E-state index contributed by atoms with van der Waals surface area (Å²) in [5.41, 5.74) is 2.29. The minimum Gasteiger partial charge on any atom is -0.393 e. The minimum atomic E-state index is -1.12. The molecule has 0 heterocycles. The van der Waals surface area contributed by atoms with Crippen molar-refractivity contribution in [2.24, 2.45) is 0 Å². The van der Waals surface area contributed by atoms with Crippen LogP contribution in [0.3, 0.4) is 0 Å². The molecular formula is C16H34O2Si. The fraction of sp³-hybridized carbons (Fsp3) is 0.875. The second kappa shape index (κ2) is 10.6. The summed E-state index contributed by atoms with van der Waals surface area (Å²) in [6.45, 7) is 9.06. The van der Waals surface area contributed by atoms with Crippen LogP contribution in [0.4, 0.5) is 0 Å². The van der Waals surface area contributed by atoms with Crippen LogP contribution in [-0.4, -0.2) is 30.5 Å². The van der Waals surface area contributed by atoms with Crippen molar-refractivity contribution in [3.05, 3.63) is 11.8 Å². The molecule has 19 heavy (non-hydrogen) atoms. The van der Waals surface area contributed by atoms with Gasteiger partial charge in [-0.15, -0.1) is 0 Å². The number of aliphatic hydroxyl groups is 2. The first-order chi connectivity index (χ1) is 8.85. The lowest BCUT2D eigenvalue weighted by Gasteiger charge is -2.13. The van der Waals surface area contributed by atoms with E-state index in [-0.39, 0.29) is 12.2 Å². The molecule has 3 heteroatoms. The lowest BCUT2D eigenvalue weighted by Crippen LogP contribution is -2.16. The zero-order chi connectivity index (χ0) is 14.7. The van der Waals surface area contributed by atoms with Crippen molar-refractivity contribution in [2.75, 3.05) is 0 Å². The molecule has 2 N–H and O–H groups in total. The second-order valence-corrected chi connectivity index (χ2v) is 11.8. The Morgan fingerprint density at radius 2 is 1.47 bits per heavy atom. The quantitative estimate of drug-likeness (QED) is 0.439. The van der Waals surface area contributed by atoms with E-state index in [2.05, 4.69) is 38.3 Å². The van der Waals surface area contributed by atoms with E-state index in [4.69, 9.17) is 0 Å². The summed E-state index contributed by atoms with van der Waals surface area (Å²) in [4.78, 5) is 0. The molecule has 0 amide bonds. The zero-order valence-corrected chi connectivity index (χ0v) is 14.4. The maximum absolute atomic E-state index is 9.86. The molecule has 0 saturated heterocycles. The topological polar surface area (TPSA) is 40.5 Å². The first kappa shape index (κ1) is 18.9. The van der Waals surface area contributed by atoms with Crippen LogP contribution in [-0.2, 0) is 0 Å². The molecule has 0 fully saturated rings. The van der Waals surface area contributed by atoms with Gasteiger partial charge in [0.15, 0.2) is 0 Å². The maximum atomic E-state index is 9.86. The molecule has 0 aromatic heterocycles. The van der Waals surface area contributed by atoms with Gasteiger partial charge in [-0.05, 0) is 32.1 Å². The van der Waals surface area contributed by atoms with Crippen LogP contribution in [0.2, 0.25) is 19.6 Å². The molecule has 0 aliphatic rings. The van der Waals surface area contributed by atoms with Crippen LogP contribution in [0.5, 0.6) is 0 Å². The van der Waals surface area contributed by atoms with Gasteiger partial charge in [-0.25, -0.2) is 0 Å². The van der Waals surface area contributed by atoms with Crippen LogP contribution in [0, 0.1) is 0 Å². The van der Waals surface area contributed by atoms with Gasteiger partial charge in [-0.1, -0.05) is 57.6 Å². The second-order valence-electron chi connectivity index (χ2n) is 6.74. The molecule has 0 spiro atoms. The number of hydrogen-bond acceptors (Lipinski definition) is 2. The molecule has 2 nitrogen and oxygen atoms in total. The summed E-state index contributed by atoms with van der Waals surface area (Å²) in [5, 5.41) is 19.6. The average Bonchev–Trinajstić information content (AvgIpc) is 2.27. The summed E-state index contributed by atoms with van der Waals surface area (Å²) in [7, 11) is -1.12. The largest absolute Gasteiger partial charge is 0.393 e. The first-order valence-corrected chi connectivity index (χ1v) is 11.5. The van der Waals surface area contributed by atoms with Crippen molar-refractivity contribution >= 4 is 8.07 Å². The molecular weight excluding hydrogens is 252 g/mol. The maximum Gasteiger partial charge on any atom is 0.0682 e. The third kappa shape index (κ3) is 14.1. The lowest BCUT2D eigenvalue weighted by atomic mass is 10.0. The van der Waals surface area contributed by atoms with Gasteiger partial charge in [0.2, 0.25) is 0 Å². The van der Waals surface area contributed by atoms with E-state index < -0.39 is 8.07 Å². The van der Waals surface area contributed by atoms with E-state index in [1.165, 1.54) is 12.8 Å². The smallest absolute Gasteiger partial charge is 0.0682 e. The van der Waals surface area contributed by atoms with Crippen molar-refractivity contribution in [1.29, 1.82) is 0 Å². The van der Waals surface area contributed by atoms with E-state index in [0.717, 1.165) is 38.5 Å². The third-order valence-electron chi connectivity index (χ3n) is 3.24. The van der Waals surface area contributed by atoms with Gasteiger partial charge in [0.1, 0.15) is 0 Å². The molecule has 0 aromatic carbocycles. The van der Waals surface area contributed by atoms with Gasteiger partial charge in [-0.2, -0.15) is 0 Å². The number of rotatable bonds is 11. The third-order valence-corrected chi connectivity index (χ3v) is 4.48. The van der Waals surface area contributed by atoms with Crippen molar-refractivity contribution in [2.45, 2.75) is 90.1 Å². The van der Waals surface area contributed by atoms with E-state index >= 15 is 0 Å². The monoisotopic (exact) mass is 286 g/mol. The summed E-state index contributed by atoms with van der Waals surface area (Å²) in [5.74, 6) is 0. The highest BCUT2D eigenvalue weighted by Crippen LogP contribution is 2.12. The predicted octanol–water partition coefficient (Wildman–Crippen LogP) is 4.28. The van der Waals surface area contributed by atoms with Gasteiger partial charge in [0.25, 0.3) is 0 Å². The fourth-order valence-electron chi connectivity index (χ4n) is 2.06. The number of hydrogen-bond donors (Lipinski definition) is 2. The highest BCUT2D eigenvalue weighted by Gasteiger charge is 2.09. The Morgan fingerprint density at radius 1 is 0.895 bits per heavy atom. The van der Waals surface area contributed by atoms with E-state index in [1.54, 1.807) is 0 Å². The van der Waals surface area contributed by atoms with Crippen LogP contribution < -0.4 is 0 Å². The summed E-state index contributed by atoms with van der Waals surface area (Å²) < 4.78 is 0. The Kier molecular flexibility index (Phi) is 10.6. The molecule has 0 rings (SSSR count). The predicted molar refractivity (Wildman–Crippen MR) is 87.1 cm³/mol. The van der Waals surface area contributed by atoms with Gasteiger partial charge in [0, 0.05) is 0 Å². The Labute approximate surface area is 120 Å². The minimum absolute atomic E-state index is 0.170. The normalized spacial score (nSPS) is 15.9. The van der Waals surface area contributed by atoms with Gasteiger partial charge >= 0.3 is 0 Å². The standard InChI is InChI=1S/C16H34O2Si/c1-5-6-7-10-15(17)11-8-12-16(18)13-9-14-19(2,3)4/h9,14-18H,5-8,10-13H2,1-4H3. The van der Waals surface area contributed by atoms with E-state index in [9.17, 15) is 10.2 Å². The molecule has 114 valence electrons. The Hall–Kier alpha value is -0.123. The first-order valence-electron chi connectivity index (χ1n) is 7.89. The molecule has 0 aliphatic heterocycles.